The maximum Gasteiger partial charge on any atom is 0.228 e. The molecular formula is C39H53N3O2S. The van der Waals surface area contributed by atoms with E-state index < -0.39 is 0 Å². The van der Waals surface area contributed by atoms with Gasteiger partial charge in [0.1, 0.15) is 0 Å². The summed E-state index contributed by atoms with van der Waals surface area (Å²) in [6.45, 7) is 5.85. The summed E-state index contributed by atoms with van der Waals surface area (Å²) >= 11 is 1.85. The van der Waals surface area contributed by atoms with Crippen LogP contribution in [-0.4, -0.2) is 23.3 Å². The highest BCUT2D eigenvalue weighted by atomic mass is 32.2. The molecule has 0 aliphatic carbocycles. The van der Waals surface area contributed by atoms with Gasteiger partial charge in [-0.2, -0.15) is 0 Å². The van der Waals surface area contributed by atoms with Crippen molar-refractivity contribution in [2.45, 2.75) is 104 Å². The molecule has 45 heavy (non-hydrogen) atoms. The lowest BCUT2D eigenvalue weighted by molar-refractivity contribution is -0.115. The molecule has 1 aliphatic rings. The molecule has 5 nitrogen and oxygen atoms in total. The normalized spacial score (nSPS) is 12.8. The molecule has 0 bridgehead atoms. The molecule has 3 aromatic carbocycles. The summed E-state index contributed by atoms with van der Waals surface area (Å²) in [5, 5.41) is 5.08. The molecule has 4 rings (SSSR count). The van der Waals surface area contributed by atoms with Gasteiger partial charge in [0.05, 0.1) is 30.3 Å². The van der Waals surface area contributed by atoms with Gasteiger partial charge in [-0.05, 0) is 59.7 Å². The molecule has 0 aromatic heterocycles. The van der Waals surface area contributed by atoms with Gasteiger partial charge < -0.3 is 10.2 Å². The lowest BCUT2D eigenvalue weighted by Gasteiger charge is -2.24. The summed E-state index contributed by atoms with van der Waals surface area (Å²) in [5.74, 6) is 0.922. The topological polar surface area (TPSA) is 44.8 Å². The van der Waals surface area contributed by atoms with Crippen LogP contribution in [-0.2, 0) is 22.6 Å². The predicted molar refractivity (Wildman–Crippen MR) is 193 cm³/mol. The van der Waals surface area contributed by atoms with Gasteiger partial charge in [-0.25, -0.2) is 5.06 Å². The van der Waals surface area contributed by atoms with Crippen LogP contribution in [0.15, 0.2) is 90.0 Å². The molecule has 1 amide bonds. The quantitative estimate of drug-likeness (QED) is 0.0940. The summed E-state index contributed by atoms with van der Waals surface area (Å²) in [5.41, 5.74) is 4.86. The fraction of sp³-hybridized carbons (Fsp3) is 0.462. The molecule has 0 atom stereocenters. The zero-order valence-electron chi connectivity index (χ0n) is 27.5. The third-order valence-electron chi connectivity index (χ3n) is 8.21. The van der Waals surface area contributed by atoms with Crippen LogP contribution in [0.1, 0.15) is 102 Å². The smallest absolute Gasteiger partial charge is 0.228 e. The van der Waals surface area contributed by atoms with E-state index in [2.05, 4.69) is 60.6 Å². The minimum atomic E-state index is -0.0224. The van der Waals surface area contributed by atoms with E-state index in [1.807, 2.05) is 65.4 Å². The lowest BCUT2D eigenvalue weighted by atomic mass is 10.1. The van der Waals surface area contributed by atoms with Crippen LogP contribution in [0.3, 0.4) is 0 Å². The number of nitrogens with one attached hydrogen (secondary N) is 1. The second-order valence-electron chi connectivity index (χ2n) is 12.2. The molecular weight excluding hydrogens is 575 g/mol. The van der Waals surface area contributed by atoms with Crippen molar-refractivity contribution in [2.75, 3.05) is 22.9 Å². The highest BCUT2D eigenvalue weighted by molar-refractivity contribution is 8.03. The summed E-state index contributed by atoms with van der Waals surface area (Å²) in [6.07, 6.45) is 18.3. The molecule has 3 aromatic rings. The van der Waals surface area contributed by atoms with Crippen LogP contribution in [0.2, 0.25) is 0 Å². The van der Waals surface area contributed by atoms with Gasteiger partial charge in [-0.3, -0.25) is 9.63 Å². The average molecular weight is 628 g/mol. The molecule has 0 saturated carbocycles. The number of allylic oxidation sites excluding steroid dienone is 1. The predicted octanol–water partition coefficient (Wildman–Crippen LogP) is 11.0. The van der Waals surface area contributed by atoms with Crippen molar-refractivity contribution < 1.29 is 9.63 Å². The highest BCUT2D eigenvalue weighted by Crippen LogP contribution is 2.29. The average Bonchev–Trinajstić information content (AvgIpc) is 3.47. The van der Waals surface area contributed by atoms with Crippen molar-refractivity contribution in [2.24, 2.45) is 0 Å². The fourth-order valence-corrected chi connectivity index (χ4v) is 6.50. The largest absolute Gasteiger partial charge is 0.363 e. The van der Waals surface area contributed by atoms with E-state index >= 15 is 0 Å². The van der Waals surface area contributed by atoms with E-state index in [4.69, 9.17) is 4.84 Å². The van der Waals surface area contributed by atoms with E-state index in [9.17, 15) is 4.79 Å². The first-order valence-electron chi connectivity index (χ1n) is 17.1. The number of rotatable bonds is 21. The molecule has 6 heteroatoms. The third-order valence-corrected chi connectivity index (χ3v) is 9.23. The first-order valence-corrected chi connectivity index (χ1v) is 18.1. The Morgan fingerprint density at radius 1 is 0.800 bits per heavy atom. The Balaban J connectivity index is 1.25. The van der Waals surface area contributed by atoms with Crippen LogP contribution in [0, 0.1) is 0 Å². The number of hydrogen-bond acceptors (Lipinski definition) is 5. The Bertz CT molecular complexity index is 1310. The minimum Gasteiger partial charge on any atom is -0.363 e. The first-order chi connectivity index (χ1) is 22.1. The fourth-order valence-electron chi connectivity index (χ4n) is 5.74. The molecule has 1 aliphatic heterocycles. The van der Waals surface area contributed by atoms with E-state index in [0.717, 1.165) is 47.0 Å². The van der Waals surface area contributed by atoms with E-state index in [0.29, 0.717) is 13.0 Å². The molecule has 0 fully saturated rings. The second-order valence-corrected chi connectivity index (χ2v) is 13.4. The molecule has 0 spiro atoms. The Morgan fingerprint density at radius 2 is 1.44 bits per heavy atom. The number of benzene rings is 3. The number of carbonyl (C=O) groups excluding carboxylic acids is 1. The first kappa shape index (κ1) is 34.6. The van der Waals surface area contributed by atoms with Gasteiger partial charge in [0.2, 0.25) is 5.91 Å². The monoisotopic (exact) mass is 627 g/mol. The minimum absolute atomic E-state index is 0.0224. The van der Waals surface area contributed by atoms with E-state index in [-0.39, 0.29) is 5.91 Å². The third kappa shape index (κ3) is 12.6. The molecule has 0 saturated heterocycles. The van der Waals surface area contributed by atoms with E-state index in [1.54, 1.807) is 0 Å². The number of unbranched alkanes of at least 4 members (excludes halogenated alkanes) is 11. The highest BCUT2D eigenvalue weighted by Gasteiger charge is 2.15. The Kier molecular flexibility index (Phi) is 15.4. The summed E-state index contributed by atoms with van der Waals surface area (Å²) < 4.78 is 0. The summed E-state index contributed by atoms with van der Waals surface area (Å²) in [4.78, 5) is 23.2. The van der Waals surface area contributed by atoms with Gasteiger partial charge in [-0.1, -0.05) is 126 Å². The van der Waals surface area contributed by atoms with Crippen molar-refractivity contribution in [3.63, 3.8) is 0 Å². The number of para-hydroxylation sites is 2. The van der Waals surface area contributed by atoms with Gasteiger partial charge >= 0.3 is 0 Å². The number of anilines is 3. The lowest BCUT2D eigenvalue weighted by Crippen LogP contribution is -2.20. The van der Waals surface area contributed by atoms with E-state index in [1.165, 1.54) is 75.5 Å². The van der Waals surface area contributed by atoms with Crippen LogP contribution >= 0.6 is 11.8 Å². The SMILES string of the molecule is CCCCCCCCCCCCCCON(c1ccccc1)c1cccc(CC(=O)Nc2ccccc2CN2C=C(C)SC2)c1. The van der Waals surface area contributed by atoms with Crippen LogP contribution in [0.25, 0.3) is 0 Å². The van der Waals surface area contributed by atoms with Crippen LogP contribution < -0.4 is 10.4 Å². The number of hydrogen-bond donors (Lipinski definition) is 1. The van der Waals surface area contributed by atoms with Gasteiger partial charge in [0.15, 0.2) is 0 Å². The van der Waals surface area contributed by atoms with Crippen molar-refractivity contribution in [3.8, 4) is 0 Å². The molecule has 0 radical (unpaired) electrons. The number of amides is 1. The van der Waals surface area contributed by atoms with Crippen LogP contribution in [0.5, 0.6) is 0 Å². The number of carbonyl (C=O) groups is 1. The van der Waals surface area contributed by atoms with Crippen molar-refractivity contribution in [1.82, 2.24) is 4.90 Å². The second kappa shape index (κ2) is 20.0. The zero-order chi connectivity index (χ0) is 31.5. The van der Waals surface area contributed by atoms with Crippen molar-refractivity contribution in [1.29, 1.82) is 0 Å². The van der Waals surface area contributed by atoms with Gasteiger partial charge in [-0.15, -0.1) is 11.8 Å². The molecule has 0 unspecified atom stereocenters. The van der Waals surface area contributed by atoms with Gasteiger partial charge in [0.25, 0.3) is 0 Å². The number of thioether (sulfide) groups is 1. The Morgan fingerprint density at radius 3 is 2.13 bits per heavy atom. The van der Waals surface area contributed by atoms with Crippen molar-refractivity contribution in [3.05, 3.63) is 101 Å². The standard InChI is InChI=1S/C39H53N3O2S/c1-3-4-5-6-7-8-9-10-11-12-13-19-27-44-42(36-23-15-14-16-24-36)37-25-20-21-34(28-37)29-39(43)40-38-26-18-17-22-35(38)31-41-30-33(2)45-32-41/h14-18,20-26,28,30H,3-13,19,27,29,31-32H2,1-2H3,(H,40,43). The number of nitrogens with zero attached hydrogens (tertiary/aromatic N) is 2. The summed E-state index contributed by atoms with van der Waals surface area (Å²) in [7, 11) is 0. The molecule has 1 N–H and O–H groups in total. The molecule has 242 valence electrons. The van der Waals surface area contributed by atoms with Gasteiger partial charge in [0, 0.05) is 18.4 Å². The Labute approximate surface area is 276 Å². The zero-order valence-corrected chi connectivity index (χ0v) is 28.3. The maximum atomic E-state index is 13.2. The Hall–Kier alpha value is -3.22. The summed E-state index contributed by atoms with van der Waals surface area (Å²) in [6, 6.07) is 26.4. The van der Waals surface area contributed by atoms with Crippen molar-refractivity contribution >= 4 is 34.7 Å². The van der Waals surface area contributed by atoms with Crippen LogP contribution in [0.4, 0.5) is 17.1 Å². The maximum absolute atomic E-state index is 13.2. The molecule has 1 heterocycles.